The molecule has 0 amide bonds. The van der Waals surface area contributed by atoms with E-state index in [4.69, 9.17) is 4.74 Å². The van der Waals surface area contributed by atoms with E-state index in [0.717, 1.165) is 12.8 Å². The van der Waals surface area contributed by atoms with Gasteiger partial charge in [0.25, 0.3) is 0 Å². The number of benzene rings is 1. The van der Waals surface area contributed by atoms with Crippen LogP contribution in [0.3, 0.4) is 0 Å². The number of hydrogen-bond acceptors (Lipinski definition) is 1. The van der Waals surface area contributed by atoms with Crippen LogP contribution in [0.2, 0.25) is 0 Å². The van der Waals surface area contributed by atoms with Gasteiger partial charge in [-0.1, -0.05) is 6.07 Å². The van der Waals surface area contributed by atoms with Crippen molar-refractivity contribution in [1.82, 2.24) is 0 Å². The first-order chi connectivity index (χ1) is 5.84. The van der Waals surface area contributed by atoms with Crippen LogP contribution in [0.1, 0.15) is 19.3 Å². The highest BCUT2D eigenvalue weighted by Crippen LogP contribution is 2.24. The number of ether oxygens (including phenoxy) is 1. The van der Waals surface area contributed by atoms with Crippen LogP contribution < -0.4 is 4.74 Å². The SMILES string of the molecule is Fc1[c]c(OC2CCC2)ccc1. The molecule has 0 spiro atoms. The minimum Gasteiger partial charge on any atom is -0.490 e. The normalized spacial score (nSPS) is 17.1. The Labute approximate surface area is 71.2 Å². The molecule has 63 valence electrons. The molecule has 1 nitrogen and oxygen atoms in total. The van der Waals surface area contributed by atoms with E-state index in [-0.39, 0.29) is 5.82 Å². The van der Waals surface area contributed by atoms with E-state index in [1.54, 1.807) is 12.1 Å². The molecule has 1 fully saturated rings. The lowest BCUT2D eigenvalue weighted by Crippen LogP contribution is -2.24. The summed E-state index contributed by atoms with van der Waals surface area (Å²) >= 11 is 0. The van der Waals surface area contributed by atoms with E-state index in [0.29, 0.717) is 11.9 Å². The van der Waals surface area contributed by atoms with E-state index in [1.807, 2.05) is 0 Å². The lowest BCUT2D eigenvalue weighted by atomic mass is 9.96. The molecule has 0 N–H and O–H groups in total. The van der Waals surface area contributed by atoms with Crippen LogP contribution in [0.5, 0.6) is 5.75 Å². The third-order valence-electron chi connectivity index (χ3n) is 2.08. The standard InChI is InChI=1S/C10H10FO/c11-8-3-1-6-10(7-8)12-9-4-2-5-9/h1,3,6,9H,2,4-5H2. The van der Waals surface area contributed by atoms with Crippen molar-refractivity contribution in [2.45, 2.75) is 25.4 Å². The first-order valence-corrected chi connectivity index (χ1v) is 4.19. The van der Waals surface area contributed by atoms with Crippen molar-refractivity contribution in [1.29, 1.82) is 0 Å². The Kier molecular flexibility index (Phi) is 1.98. The number of rotatable bonds is 2. The van der Waals surface area contributed by atoms with Gasteiger partial charge in [0.1, 0.15) is 11.6 Å². The summed E-state index contributed by atoms with van der Waals surface area (Å²) in [6.07, 6.45) is 3.69. The van der Waals surface area contributed by atoms with Gasteiger partial charge in [-0.05, 0) is 31.4 Å². The molecule has 1 aliphatic rings. The van der Waals surface area contributed by atoms with Crippen LogP contribution in [-0.2, 0) is 0 Å². The molecule has 1 saturated carbocycles. The molecule has 1 radical (unpaired) electrons. The molecule has 0 aromatic heterocycles. The minimum atomic E-state index is -0.355. The van der Waals surface area contributed by atoms with Gasteiger partial charge in [-0.3, -0.25) is 0 Å². The van der Waals surface area contributed by atoms with Gasteiger partial charge < -0.3 is 4.74 Å². The molecule has 0 aliphatic heterocycles. The van der Waals surface area contributed by atoms with Gasteiger partial charge in [-0.2, -0.15) is 0 Å². The zero-order valence-electron chi connectivity index (χ0n) is 6.72. The fourth-order valence-corrected chi connectivity index (χ4v) is 1.16. The highest BCUT2D eigenvalue weighted by molar-refractivity contribution is 5.21. The summed E-state index contributed by atoms with van der Waals surface area (Å²) in [4.78, 5) is 0. The summed E-state index contributed by atoms with van der Waals surface area (Å²) < 4.78 is 18.0. The van der Waals surface area contributed by atoms with Gasteiger partial charge in [0.05, 0.1) is 12.2 Å². The van der Waals surface area contributed by atoms with Crippen molar-refractivity contribution >= 4 is 0 Å². The molecule has 2 heteroatoms. The lowest BCUT2D eigenvalue weighted by molar-refractivity contribution is 0.119. The Morgan fingerprint density at radius 2 is 2.25 bits per heavy atom. The predicted molar refractivity (Wildman–Crippen MR) is 43.5 cm³/mol. The Bertz CT molecular complexity index is 268. The van der Waals surface area contributed by atoms with Crippen molar-refractivity contribution in [3.63, 3.8) is 0 Å². The van der Waals surface area contributed by atoms with Crippen LogP contribution in [0, 0.1) is 11.9 Å². The van der Waals surface area contributed by atoms with E-state index in [1.165, 1.54) is 12.5 Å². The van der Waals surface area contributed by atoms with Crippen LogP contribution in [0.25, 0.3) is 0 Å². The maximum absolute atomic E-state index is 12.6. The average molecular weight is 165 g/mol. The summed E-state index contributed by atoms with van der Waals surface area (Å²) in [5, 5.41) is 0. The summed E-state index contributed by atoms with van der Waals surface area (Å²) in [6.45, 7) is 0. The van der Waals surface area contributed by atoms with Crippen molar-refractivity contribution < 1.29 is 9.13 Å². The Hall–Kier alpha value is -1.05. The average Bonchev–Trinajstić information content (AvgIpc) is 1.97. The summed E-state index contributed by atoms with van der Waals surface area (Å²) in [5.74, 6) is 0.173. The van der Waals surface area contributed by atoms with Crippen LogP contribution in [0.15, 0.2) is 18.2 Å². The van der Waals surface area contributed by atoms with Crippen molar-refractivity contribution in [2.24, 2.45) is 0 Å². The maximum Gasteiger partial charge on any atom is 0.135 e. The number of halogens is 1. The van der Waals surface area contributed by atoms with E-state index in [9.17, 15) is 4.39 Å². The fraction of sp³-hybridized carbons (Fsp3) is 0.400. The molecule has 0 heterocycles. The second-order valence-electron chi connectivity index (χ2n) is 3.03. The summed E-state index contributed by atoms with van der Waals surface area (Å²) in [6, 6.07) is 7.26. The van der Waals surface area contributed by atoms with Crippen LogP contribution >= 0.6 is 0 Å². The second-order valence-corrected chi connectivity index (χ2v) is 3.03. The largest absolute Gasteiger partial charge is 0.490 e. The quantitative estimate of drug-likeness (QED) is 0.654. The molecule has 1 aliphatic carbocycles. The third kappa shape index (κ3) is 1.58. The third-order valence-corrected chi connectivity index (χ3v) is 2.08. The zero-order chi connectivity index (χ0) is 8.39. The molecule has 2 rings (SSSR count). The van der Waals surface area contributed by atoms with Crippen LogP contribution in [0.4, 0.5) is 4.39 Å². The molecule has 1 aromatic carbocycles. The fourth-order valence-electron chi connectivity index (χ4n) is 1.16. The number of hydrogen-bond donors (Lipinski definition) is 0. The molecule has 0 unspecified atom stereocenters. The predicted octanol–water partition coefficient (Wildman–Crippen LogP) is 2.56. The van der Waals surface area contributed by atoms with Gasteiger partial charge in [-0.25, -0.2) is 4.39 Å². The van der Waals surface area contributed by atoms with Gasteiger partial charge >= 0.3 is 0 Å². The van der Waals surface area contributed by atoms with Crippen LogP contribution in [-0.4, -0.2) is 6.10 Å². The van der Waals surface area contributed by atoms with Crippen molar-refractivity contribution in [3.05, 3.63) is 30.1 Å². The molecule has 0 saturated heterocycles. The molecule has 0 bridgehead atoms. The van der Waals surface area contributed by atoms with Crippen molar-refractivity contribution in [3.8, 4) is 5.75 Å². The molecule has 0 atom stereocenters. The van der Waals surface area contributed by atoms with Gasteiger partial charge in [0, 0.05) is 0 Å². The van der Waals surface area contributed by atoms with E-state index >= 15 is 0 Å². The molecule has 12 heavy (non-hydrogen) atoms. The van der Waals surface area contributed by atoms with Crippen molar-refractivity contribution in [2.75, 3.05) is 0 Å². The monoisotopic (exact) mass is 165 g/mol. The van der Waals surface area contributed by atoms with Gasteiger partial charge in [-0.15, -0.1) is 0 Å². The first kappa shape index (κ1) is 7.59. The van der Waals surface area contributed by atoms with Gasteiger partial charge in [0.15, 0.2) is 0 Å². The highest BCUT2D eigenvalue weighted by atomic mass is 19.1. The van der Waals surface area contributed by atoms with Gasteiger partial charge in [0.2, 0.25) is 0 Å². The van der Waals surface area contributed by atoms with E-state index in [2.05, 4.69) is 6.07 Å². The molecular weight excluding hydrogens is 155 g/mol. The Morgan fingerprint density at radius 1 is 1.42 bits per heavy atom. The maximum atomic E-state index is 12.6. The topological polar surface area (TPSA) is 9.23 Å². The summed E-state index contributed by atoms with van der Waals surface area (Å²) in [7, 11) is 0. The Morgan fingerprint density at radius 3 is 2.83 bits per heavy atom. The smallest absolute Gasteiger partial charge is 0.135 e. The Balaban J connectivity index is 2.02. The molecular formula is C10H10FO. The molecule has 1 aromatic rings. The minimum absolute atomic E-state index is 0.294. The van der Waals surface area contributed by atoms with E-state index < -0.39 is 0 Å². The lowest BCUT2D eigenvalue weighted by Gasteiger charge is -2.26. The summed E-state index contributed by atoms with van der Waals surface area (Å²) in [5.41, 5.74) is 0. The highest BCUT2D eigenvalue weighted by Gasteiger charge is 2.18. The second kappa shape index (κ2) is 3.13. The zero-order valence-corrected chi connectivity index (χ0v) is 6.72. The first-order valence-electron chi connectivity index (χ1n) is 4.19.